The zero-order valence-electron chi connectivity index (χ0n) is 27.5. The van der Waals surface area contributed by atoms with E-state index in [9.17, 15) is 18.0 Å². The maximum atomic E-state index is 13.2. The molecule has 2 aromatic carbocycles. The normalized spacial score (nSPS) is 19.1. The van der Waals surface area contributed by atoms with Crippen LogP contribution in [-0.4, -0.2) is 101 Å². The monoisotopic (exact) mass is 666 g/mol. The van der Waals surface area contributed by atoms with Gasteiger partial charge in [0.2, 0.25) is 0 Å². The number of ether oxygens (including phenoxy) is 2. The molecule has 1 aromatic heterocycles. The predicted molar refractivity (Wildman–Crippen MR) is 181 cm³/mol. The van der Waals surface area contributed by atoms with Gasteiger partial charge in [-0.25, -0.2) is 9.52 Å². The Hall–Kier alpha value is -3.65. The maximum absolute atomic E-state index is 13.2. The van der Waals surface area contributed by atoms with E-state index in [1.807, 2.05) is 12.1 Å². The first-order chi connectivity index (χ1) is 22.6. The van der Waals surface area contributed by atoms with Crippen molar-refractivity contribution in [1.29, 1.82) is 0 Å². The number of methoxy groups -OCH3 is 1. The van der Waals surface area contributed by atoms with Gasteiger partial charge in [0.15, 0.2) is 0 Å². The van der Waals surface area contributed by atoms with Gasteiger partial charge in [-0.05, 0) is 66.6 Å². The van der Waals surface area contributed by atoms with E-state index < -0.39 is 16.1 Å². The smallest absolute Gasteiger partial charge is 0.315 e. The van der Waals surface area contributed by atoms with Crippen molar-refractivity contribution in [3.8, 4) is 17.0 Å². The SMILES string of the molecule is COc1ccc2c(c1)CC(NC(=O)NCCN1CCOCC1)Cn1c-2c(C2CCCCC2)c2ccc(C(=O)NS(=O)(=O)N(C)C)cc21. The lowest BCUT2D eigenvalue weighted by molar-refractivity contribution is 0.0387. The van der Waals surface area contributed by atoms with Gasteiger partial charge < -0.3 is 24.7 Å². The highest BCUT2D eigenvalue weighted by molar-refractivity contribution is 7.87. The average molecular weight is 667 g/mol. The molecule has 0 bridgehead atoms. The van der Waals surface area contributed by atoms with Gasteiger partial charge in [-0.15, -0.1) is 0 Å². The van der Waals surface area contributed by atoms with Crippen LogP contribution in [0.1, 0.15) is 59.5 Å². The lowest BCUT2D eigenvalue weighted by Crippen LogP contribution is -2.47. The molecule has 1 aliphatic carbocycles. The van der Waals surface area contributed by atoms with Gasteiger partial charge in [-0.1, -0.05) is 25.3 Å². The highest BCUT2D eigenvalue weighted by Gasteiger charge is 2.32. The van der Waals surface area contributed by atoms with Gasteiger partial charge >= 0.3 is 16.2 Å². The summed E-state index contributed by atoms with van der Waals surface area (Å²) in [6, 6.07) is 11.1. The molecule has 1 atom stereocenters. The minimum absolute atomic E-state index is 0.228. The largest absolute Gasteiger partial charge is 0.497 e. The van der Waals surface area contributed by atoms with Crippen LogP contribution >= 0.6 is 0 Å². The number of aromatic nitrogens is 1. The van der Waals surface area contributed by atoms with E-state index in [0.29, 0.717) is 38.6 Å². The number of hydrogen-bond donors (Lipinski definition) is 3. The minimum atomic E-state index is -3.97. The van der Waals surface area contributed by atoms with Gasteiger partial charge in [0.25, 0.3) is 5.91 Å². The van der Waals surface area contributed by atoms with Crippen LogP contribution < -0.4 is 20.1 Å². The number of rotatable bonds is 9. The Kier molecular flexibility index (Phi) is 10.1. The molecule has 0 spiro atoms. The van der Waals surface area contributed by atoms with Crippen LogP contribution in [0.2, 0.25) is 0 Å². The van der Waals surface area contributed by atoms with E-state index in [2.05, 4.69) is 37.0 Å². The first kappa shape index (κ1) is 33.3. The topological polar surface area (TPSA) is 134 Å². The molecule has 3 N–H and O–H groups in total. The third-order valence-corrected chi connectivity index (χ3v) is 11.1. The van der Waals surface area contributed by atoms with Gasteiger partial charge in [0.05, 0.1) is 32.1 Å². The number of urea groups is 1. The van der Waals surface area contributed by atoms with Crippen molar-refractivity contribution in [2.75, 3.05) is 60.6 Å². The van der Waals surface area contributed by atoms with Crippen LogP contribution in [0.15, 0.2) is 36.4 Å². The molecule has 2 aliphatic heterocycles. The quantitative estimate of drug-likeness (QED) is 0.319. The summed E-state index contributed by atoms with van der Waals surface area (Å²) in [6.45, 7) is 4.90. The molecule has 3 heterocycles. The molecule has 3 aromatic rings. The standard InChI is InChI=1S/C34H46N6O6S/c1-38(2)47(43,44)37-33(41)24-9-11-29-30(21-24)40-22-26(36-34(42)35-13-14-39-15-17-46-18-16-39)19-25-20-27(45-3)10-12-28(25)32(40)31(29)23-7-5-4-6-8-23/h9-12,20-21,23,26H,4-8,13-19,22H2,1-3H3,(H,37,41)(H2,35,36,42). The number of hydrogen-bond acceptors (Lipinski definition) is 7. The fraction of sp³-hybridized carbons (Fsp3) is 0.529. The maximum Gasteiger partial charge on any atom is 0.315 e. The van der Waals surface area contributed by atoms with E-state index in [0.717, 1.165) is 83.1 Å². The summed E-state index contributed by atoms with van der Waals surface area (Å²) in [5.41, 5.74) is 5.62. The van der Waals surface area contributed by atoms with Crippen molar-refractivity contribution in [3.63, 3.8) is 0 Å². The summed E-state index contributed by atoms with van der Waals surface area (Å²) in [5, 5.41) is 7.32. The molecule has 0 radical (unpaired) electrons. The van der Waals surface area contributed by atoms with Crippen LogP contribution in [0, 0.1) is 0 Å². The van der Waals surface area contributed by atoms with Crippen molar-refractivity contribution in [2.24, 2.45) is 0 Å². The van der Waals surface area contributed by atoms with Crippen LogP contribution in [0.4, 0.5) is 4.79 Å². The van der Waals surface area contributed by atoms with E-state index in [1.165, 1.54) is 26.1 Å². The van der Waals surface area contributed by atoms with Crippen LogP contribution in [-0.2, 0) is 27.9 Å². The van der Waals surface area contributed by atoms with Crippen molar-refractivity contribution < 1.29 is 27.5 Å². The number of carbonyl (C=O) groups is 2. The molecular weight excluding hydrogens is 620 g/mol. The summed E-state index contributed by atoms with van der Waals surface area (Å²) >= 11 is 0. The summed E-state index contributed by atoms with van der Waals surface area (Å²) in [6.07, 6.45) is 6.28. The molecule has 1 saturated heterocycles. The van der Waals surface area contributed by atoms with Gasteiger partial charge in [0, 0.05) is 68.8 Å². The van der Waals surface area contributed by atoms with E-state index in [-0.39, 0.29) is 17.6 Å². The highest BCUT2D eigenvalue weighted by atomic mass is 32.2. The van der Waals surface area contributed by atoms with Crippen LogP contribution in [0.5, 0.6) is 5.75 Å². The Morgan fingerprint density at radius 2 is 1.81 bits per heavy atom. The number of benzene rings is 2. The third-order valence-electron chi connectivity index (χ3n) is 9.67. The first-order valence-electron chi connectivity index (χ1n) is 16.6. The molecule has 3 amide bonds. The molecule has 6 rings (SSSR count). The van der Waals surface area contributed by atoms with E-state index in [1.54, 1.807) is 19.2 Å². The molecule has 3 aliphatic rings. The average Bonchev–Trinajstić information content (AvgIpc) is 3.28. The third kappa shape index (κ3) is 7.28. The molecule has 1 unspecified atom stereocenters. The lowest BCUT2D eigenvalue weighted by Gasteiger charge is -2.26. The number of morpholine rings is 1. The first-order valence-corrected chi connectivity index (χ1v) is 18.0. The predicted octanol–water partition coefficient (Wildman–Crippen LogP) is 3.46. The summed E-state index contributed by atoms with van der Waals surface area (Å²) in [7, 11) is 0.441. The molecule has 1 saturated carbocycles. The Bertz CT molecular complexity index is 1730. The fourth-order valence-corrected chi connectivity index (χ4v) is 7.74. The molecule has 13 heteroatoms. The Morgan fingerprint density at radius 3 is 2.53 bits per heavy atom. The number of nitrogens with one attached hydrogen (secondary N) is 3. The van der Waals surface area contributed by atoms with Crippen molar-refractivity contribution in [3.05, 3.63) is 53.1 Å². The minimum Gasteiger partial charge on any atom is -0.497 e. The Balaban J connectivity index is 1.39. The Labute approximate surface area is 276 Å². The second-order valence-electron chi connectivity index (χ2n) is 12.9. The summed E-state index contributed by atoms with van der Waals surface area (Å²) in [4.78, 5) is 28.8. The number of amides is 3. The van der Waals surface area contributed by atoms with E-state index >= 15 is 0 Å². The Morgan fingerprint density at radius 1 is 1.04 bits per heavy atom. The molecular formula is C34H46N6O6S. The highest BCUT2D eigenvalue weighted by Crippen LogP contribution is 2.46. The number of nitrogens with zero attached hydrogens (tertiary/aromatic N) is 3. The van der Waals surface area contributed by atoms with Crippen molar-refractivity contribution in [1.82, 2.24) is 29.1 Å². The van der Waals surface area contributed by atoms with Gasteiger partial charge in [-0.2, -0.15) is 12.7 Å². The summed E-state index contributed by atoms with van der Waals surface area (Å²) in [5.74, 6) is 0.407. The van der Waals surface area contributed by atoms with E-state index in [4.69, 9.17) is 9.47 Å². The van der Waals surface area contributed by atoms with Crippen LogP contribution in [0.3, 0.4) is 0 Å². The lowest BCUT2D eigenvalue weighted by atomic mass is 9.81. The molecule has 47 heavy (non-hydrogen) atoms. The number of carbonyl (C=O) groups excluding carboxylic acids is 2. The zero-order valence-corrected chi connectivity index (χ0v) is 28.3. The number of fused-ring (bicyclic) bond motifs is 5. The van der Waals surface area contributed by atoms with Gasteiger partial charge in [-0.3, -0.25) is 9.69 Å². The van der Waals surface area contributed by atoms with Crippen LogP contribution in [0.25, 0.3) is 22.2 Å². The summed E-state index contributed by atoms with van der Waals surface area (Å²) < 4.78 is 41.4. The van der Waals surface area contributed by atoms with Crippen molar-refractivity contribution in [2.45, 2.75) is 57.0 Å². The molecule has 12 nitrogen and oxygen atoms in total. The van der Waals surface area contributed by atoms with Gasteiger partial charge in [0.1, 0.15) is 5.75 Å². The second-order valence-corrected chi connectivity index (χ2v) is 14.8. The second kappa shape index (κ2) is 14.2. The zero-order chi connectivity index (χ0) is 33.1. The molecule has 254 valence electrons. The molecule has 2 fully saturated rings. The van der Waals surface area contributed by atoms with Crippen molar-refractivity contribution >= 4 is 33.1 Å². The fourth-order valence-electron chi connectivity index (χ4n) is 7.20.